The fourth-order valence-electron chi connectivity index (χ4n) is 2.00. The average Bonchev–Trinajstić information content (AvgIpc) is 3.20. The molecule has 1 atom stereocenters. The Labute approximate surface area is 136 Å². The van der Waals surface area contributed by atoms with Crippen LogP contribution >= 0.6 is 11.3 Å². The smallest absolute Gasteiger partial charge is 0.445 e. The number of aromatic nitrogens is 2. The van der Waals surface area contributed by atoms with Gasteiger partial charge in [0.2, 0.25) is 22.1 Å². The number of rotatable bonds is 3. The highest BCUT2D eigenvalue weighted by molar-refractivity contribution is 7.15. The van der Waals surface area contributed by atoms with E-state index in [2.05, 4.69) is 10.2 Å². The summed E-state index contributed by atoms with van der Waals surface area (Å²) in [6.07, 6.45) is -4.56. The Hall–Kier alpha value is -2.63. The van der Waals surface area contributed by atoms with Crippen molar-refractivity contribution in [2.24, 2.45) is 0 Å². The molecule has 2 aromatic heterocycles. The molecule has 3 rings (SSSR count). The van der Waals surface area contributed by atoms with E-state index in [1.807, 2.05) is 0 Å². The molecule has 1 aliphatic rings. The Kier molecular flexibility index (Phi) is 3.91. The average molecular weight is 362 g/mol. The number of hydrogen-bond donors (Lipinski definition) is 0. The normalized spacial score (nSPS) is 18.3. The molecular formula is C12H9F3N4O4S. The molecule has 0 N–H and O–H groups in total. The van der Waals surface area contributed by atoms with Crippen molar-refractivity contribution < 1.29 is 31.9 Å². The monoisotopic (exact) mass is 362 g/mol. The molecule has 0 spiro atoms. The molecule has 3 heterocycles. The van der Waals surface area contributed by atoms with Gasteiger partial charge in [0.05, 0.1) is 12.8 Å². The van der Waals surface area contributed by atoms with Crippen LogP contribution in [0.15, 0.2) is 22.8 Å². The van der Waals surface area contributed by atoms with Crippen molar-refractivity contribution in [3.8, 4) is 0 Å². The molecule has 8 nitrogen and oxygen atoms in total. The number of alkyl halides is 3. The molecule has 1 saturated heterocycles. The number of hydrogen-bond acceptors (Lipinski definition) is 7. The van der Waals surface area contributed by atoms with Crippen LogP contribution in [0.2, 0.25) is 0 Å². The molecule has 128 valence electrons. The van der Waals surface area contributed by atoms with E-state index in [1.165, 1.54) is 30.3 Å². The van der Waals surface area contributed by atoms with Gasteiger partial charge in [-0.3, -0.25) is 0 Å². The minimum atomic E-state index is -4.68. The SMILES string of the molecule is CN1CC(OC(=O)c2ccco2)N(c2nnc(C(F)(F)F)s2)C1=O. The Balaban J connectivity index is 1.84. The summed E-state index contributed by atoms with van der Waals surface area (Å²) in [5.41, 5.74) is 0. The first-order valence-corrected chi connectivity index (χ1v) is 7.28. The highest BCUT2D eigenvalue weighted by atomic mass is 32.1. The molecule has 1 unspecified atom stereocenters. The zero-order valence-corrected chi connectivity index (χ0v) is 12.8. The lowest BCUT2D eigenvalue weighted by molar-refractivity contribution is -0.138. The Bertz CT molecular complexity index is 761. The van der Waals surface area contributed by atoms with Gasteiger partial charge in [0, 0.05) is 7.05 Å². The molecule has 0 radical (unpaired) electrons. The number of carbonyl (C=O) groups excluding carboxylic acids is 2. The third kappa shape index (κ3) is 2.91. The second-order valence-corrected chi connectivity index (χ2v) is 5.71. The molecule has 12 heteroatoms. The second kappa shape index (κ2) is 5.78. The first-order valence-electron chi connectivity index (χ1n) is 6.47. The number of ether oxygens (including phenoxy) is 1. The van der Waals surface area contributed by atoms with Gasteiger partial charge in [-0.15, -0.1) is 10.2 Å². The minimum absolute atomic E-state index is 0.0355. The first kappa shape index (κ1) is 16.2. The quantitative estimate of drug-likeness (QED) is 0.778. The van der Waals surface area contributed by atoms with Gasteiger partial charge >= 0.3 is 18.2 Å². The van der Waals surface area contributed by atoms with Crippen LogP contribution in [-0.4, -0.2) is 46.9 Å². The Morgan fingerprint density at radius 3 is 2.79 bits per heavy atom. The summed E-state index contributed by atoms with van der Waals surface area (Å²) in [4.78, 5) is 26.1. The van der Waals surface area contributed by atoms with Gasteiger partial charge in [-0.05, 0) is 12.1 Å². The highest BCUT2D eigenvalue weighted by Crippen LogP contribution is 2.36. The lowest BCUT2D eigenvalue weighted by atomic mass is 10.4. The standard InChI is InChI=1S/C12H9F3N4O4S/c1-18-5-7(23-8(20)6-3-2-4-22-6)19(11(18)21)10-17-16-9(24-10)12(13,14)15/h2-4,7H,5H2,1H3. The van der Waals surface area contributed by atoms with E-state index in [4.69, 9.17) is 9.15 Å². The predicted molar refractivity (Wildman–Crippen MR) is 73.3 cm³/mol. The van der Waals surface area contributed by atoms with E-state index in [1.54, 1.807) is 0 Å². The van der Waals surface area contributed by atoms with Crippen molar-refractivity contribution in [1.29, 1.82) is 0 Å². The number of halogens is 3. The van der Waals surface area contributed by atoms with E-state index >= 15 is 0 Å². The Morgan fingerprint density at radius 2 is 2.21 bits per heavy atom. The summed E-state index contributed by atoms with van der Waals surface area (Å²) in [5.74, 6) is -0.941. The van der Waals surface area contributed by atoms with Crippen LogP contribution < -0.4 is 4.90 Å². The van der Waals surface area contributed by atoms with Crippen molar-refractivity contribution in [2.75, 3.05) is 18.5 Å². The predicted octanol–water partition coefficient (Wildman–Crippen LogP) is 2.20. The topological polar surface area (TPSA) is 88.8 Å². The minimum Gasteiger partial charge on any atom is -0.457 e. The number of carbonyl (C=O) groups is 2. The van der Waals surface area contributed by atoms with Crippen LogP contribution in [0.5, 0.6) is 0 Å². The van der Waals surface area contributed by atoms with Crippen LogP contribution in [0.1, 0.15) is 15.6 Å². The van der Waals surface area contributed by atoms with E-state index < -0.39 is 29.4 Å². The number of nitrogens with zero attached hydrogens (tertiary/aromatic N) is 4. The molecule has 1 fully saturated rings. The number of furan rings is 1. The van der Waals surface area contributed by atoms with Crippen LogP contribution in [0.25, 0.3) is 0 Å². The third-order valence-electron chi connectivity index (χ3n) is 3.08. The summed E-state index contributed by atoms with van der Waals surface area (Å²) in [5, 5.41) is 4.90. The van der Waals surface area contributed by atoms with Gasteiger partial charge in [-0.25, -0.2) is 14.5 Å². The summed E-state index contributed by atoms with van der Waals surface area (Å²) < 4.78 is 48.0. The zero-order valence-electron chi connectivity index (χ0n) is 12.0. The zero-order chi connectivity index (χ0) is 17.5. The lowest BCUT2D eigenvalue weighted by Crippen LogP contribution is -2.37. The number of likely N-dealkylation sites (N-methyl/N-ethyl adjacent to an activating group) is 1. The first-order chi connectivity index (χ1) is 11.3. The summed E-state index contributed by atoms with van der Waals surface area (Å²) in [6, 6.07) is 2.18. The van der Waals surface area contributed by atoms with Gasteiger partial charge in [0.25, 0.3) is 0 Å². The van der Waals surface area contributed by atoms with Crippen molar-refractivity contribution in [2.45, 2.75) is 12.4 Å². The lowest BCUT2D eigenvalue weighted by Gasteiger charge is -2.19. The van der Waals surface area contributed by atoms with Crippen LogP contribution in [0.3, 0.4) is 0 Å². The van der Waals surface area contributed by atoms with Crippen LogP contribution in [0, 0.1) is 0 Å². The number of urea groups is 1. The van der Waals surface area contributed by atoms with Crippen molar-refractivity contribution in [3.63, 3.8) is 0 Å². The molecular weight excluding hydrogens is 353 g/mol. The number of esters is 1. The molecule has 0 saturated carbocycles. The van der Waals surface area contributed by atoms with E-state index in [0.717, 1.165) is 4.90 Å². The van der Waals surface area contributed by atoms with Gasteiger partial charge in [-0.2, -0.15) is 13.2 Å². The van der Waals surface area contributed by atoms with Crippen molar-refractivity contribution >= 4 is 28.5 Å². The van der Waals surface area contributed by atoms with Crippen molar-refractivity contribution in [3.05, 3.63) is 29.2 Å². The fourth-order valence-corrected chi connectivity index (χ4v) is 2.75. The molecule has 2 amide bonds. The molecule has 2 aromatic rings. The summed E-state index contributed by atoms with van der Waals surface area (Å²) in [7, 11) is 1.42. The van der Waals surface area contributed by atoms with Gasteiger partial charge in [0.15, 0.2) is 0 Å². The highest BCUT2D eigenvalue weighted by Gasteiger charge is 2.43. The van der Waals surface area contributed by atoms with Crippen LogP contribution in [0.4, 0.5) is 23.1 Å². The van der Waals surface area contributed by atoms with E-state index in [0.29, 0.717) is 0 Å². The van der Waals surface area contributed by atoms with Gasteiger partial charge in [-0.1, -0.05) is 11.3 Å². The summed E-state index contributed by atoms with van der Waals surface area (Å²) in [6.45, 7) is -0.0355. The van der Waals surface area contributed by atoms with E-state index in [9.17, 15) is 22.8 Å². The second-order valence-electron chi connectivity index (χ2n) is 4.76. The number of anilines is 1. The number of amides is 2. The largest absolute Gasteiger partial charge is 0.457 e. The maximum absolute atomic E-state index is 12.7. The van der Waals surface area contributed by atoms with Crippen LogP contribution in [-0.2, 0) is 10.9 Å². The maximum Gasteiger partial charge on any atom is 0.445 e. The molecule has 0 aliphatic carbocycles. The molecule has 0 aromatic carbocycles. The summed E-state index contributed by atoms with van der Waals surface area (Å²) >= 11 is 0.188. The van der Waals surface area contributed by atoms with E-state index in [-0.39, 0.29) is 28.8 Å². The fraction of sp³-hybridized carbons (Fsp3) is 0.333. The molecule has 24 heavy (non-hydrogen) atoms. The van der Waals surface area contributed by atoms with Gasteiger partial charge in [0.1, 0.15) is 0 Å². The maximum atomic E-state index is 12.7. The third-order valence-corrected chi connectivity index (χ3v) is 4.05. The molecule has 0 bridgehead atoms. The van der Waals surface area contributed by atoms with Crippen molar-refractivity contribution in [1.82, 2.24) is 15.1 Å². The Morgan fingerprint density at radius 1 is 1.46 bits per heavy atom. The molecule has 1 aliphatic heterocycles. The van der Waals surface area contributed by atoms with Gasteiger partial charge < -0.3 is 14.1 Å².